The molecular weight excluding hydrogens is 302 g/mol. The maximum atomic E-state index is 12.5. The third-order valence-corrected chi connectivity index (χ3v) is 4.13. The molecular formula is C20H21NO3. The number of hydrogen-bond acceptors (Lipinski definition) is 3. The van der Waals surface area contributed by atoms with Gasteiger partial charge in [0.1, 0.15) is 5.75 Å². The maximum Gasteiger partial charge on any atom is 0.261 e. The van der Waals surface area contributed by atoms with E-state index in [1.165, 1.54) is 6.92 Å². The molecule has 0 aromatic heterocycles. The molecule has 0 radical (unpaired) electrons. The summed E-state index contributed by atoms with van der Waals surface area (Å²) in [6.45, 7) is 2.16. The lowest BCUT2D eigenvalue weighted by Crippen LogP contribution is -2.36. The molecule has 0 unspecified atom stereocenters. The van der Waals surface area contributed by atoms with Crippen LogP contribution in [0.25, 0.3) is 0 Å². The van der Waals surface area contributed by atoms with Gasteiger partial charge in [-0.05, 0) is 49.6 Å². The summed E-state index contributed by atoms with van der Waals surface area (Å²) in [5.74, 6) is 0.612. The molecule has 124 valence electrons. The van der Waals surface area contributed by atoms with Gasteiger partial charge in [-0.15, -0.1) is 0 Å². The third-order valence-electron chi connectivity index (χ3n) is 4.13. The van der Waals surface area contributed by atoms with Crippen LogP contribution in [0.1, 0.15) is 35.7 Å². The minimum atomic E-state index is -0.00278. The smallest absolute Gasteiger partial charge is 0.261 e. The molecule has 1 saturated carbocycles. The first-order chi connectivity index (χ1) is 11.6. The van der Waals surface area contributed by atoms with E-state index < -0.39 is 0 Å². The van der Waals surface area contributed by atoms with E-state index in [0.717, 1.165) is 18.4 Å². The van der Waals surface area contributed by atoms with E-state index >= 15 is 0 Å². The van der Waals surface area contributed by atoms with E-state index in [-0.39, 0.29) is 18.3 Å². The molecule has 0 spiro atoms. The van der Waals surface area contributed by atoms with Crippen molar-refractivity contribution in [1.29, 1.82) is 0 Å². The summed E-state index contributed by atoms with van der Waals surface area (Å²) >= 11 is 0. The van der Waals surface area contributed by atoms with Crippen molar-refractivity contribution in [2.24, 2.45) is 0 Å². The molecule has 1 aliphatic rings. The van der Waals surface area contributed by atoms with Crippen LogP contribution >= 0.6 is 0 Å². The molecule has 1 aliphatic carbocycles. The zero-order valence-electron chi connectivity index (χ0n) is 13.8. The summed E-state index contributed by atoms with van der Waals surface area (Å²) in [7, 11) is 0. The van der Waals surface area contributed by atoms with E-state index in [1.54, 1.807) is 24.3 Å². The summed E-state index contributed by atoms with van der Waals surface area (Å²) in [6, 6.07) is 17.2. The highest BCUT2D eigenvalue weighted by atomic mass is 16.5. The first kappa shape index (κ1) is 16.2. The Morgan fingerprint density at radius 3 is 2.29 bits per heavy atom. The third kappa shape index (κ3) is 4.22. The van der Waals surface area contributed by atoms with Crippen molar-refractivity contribution >= 4 is 11.7 Å². The number of ether oxygens (including phenoxy) is 1. The molecule has 4 nitrogen and oxygen atoms in total. The van der Waals surface area contributed by atoms with Gasteiger partial charge in [0, 0.05) is 18.2 Å². The number of carbonyl (C=O) groups is 2. The Morgan fingerprint density at radius 2 is 1.71 bits per heavy atom. The molecule has 0 heterocycles. The van der Waals surface area contributed by atoms with Crippen molar-refractivity contribution in [3.05, 3.63) is 65.7 Å². The van der Waals surface area contributed by atoms with Gasteiger partial charge in [-0.25, -0.2) is 0 Å². The van der Waals surface area contributed by atoms with E-state index in [4.69, 9.17) is 4.74 Å². The second kappa shape index (κ2) is 7.30. The second-order valence-corrected chi connectivity index (χ2v) is 6.11. The van der Waals surface area contributed by atoms with Crippen molar-refractivity contribution in [2.45, 2.75) is 32.4 Å². The van der Waals surface area contributed by atoms with Crippen molar-refractivity contribution in [3.63, 3.8) is 0 Å². The fourth-order valence-electron chi connectivity index (χ4n) is 2.60. The molecule has 1 amide bonds. The molecule has 2 aromatic carbocycles. The highest BCUT2D eigenvalue weighted by Gasteiger charge is 2.32. The fourth-order valence-corrected chi connectivity index (χ4v) is 2.60. The zero-order chi connectivity index (χ0) is 16.9. The van der Waals surface area contributed by atoms with Crippen LogP contribution in [0.2, 0.25) is 0 Å². The Morgan fingerprint density at radius 1 is 1.04 bits per heavy atom. The van der Waals surface area contributed by atoms with Crippen molar-refractivity contribution in [1.82, 2.24) is 4.90 Å². The van der Waals surface area contributed by atoms with Crippen LogP contribution < -0.4 is 4.74 Å². The first-order valence-corrected chi connectivity index (χ1v) is 8.20. The van der Waals surface area contributed by atoms with Crippen molar-refractivity contribution in [2.75, 3.05) is 6.61 Å². The lowest BCUT2D eigenvalue weighted by atomic mass is 10.1. The zero-order valence-corrected chi connectivity index (χ0v) is 13.8. The molecule has 1 fully saturated rings. The number of carbonyl (C=O) groups excluding carboxylic acids is 2. The van der Waals surface area contributed by atoms with Crippen molar-refractivity contribution in [3.8, 4) is 5.75 Å². The van der Waals surface area contributed by atoms with E-state index in [2.05, 4.69) is 0 Å². The average Bonchev–Trinajstić information content (AvgIpc) is 3.44. The van der Waals surface area contributed by atoms with Crippen LogP contribution in [0.4, 0.5) is 0 Å². The Labute approximate surface area is 142 Å². The van der Waals surface area contributed by atoms with E-state index in [0.29, 0.717) is 23.9 Å². The van der Waals surface area contributed by atoms with Crippen LogP contribution in [0, 0.1) is 0 Å². The van der Waals surface area contributed by atoms with E-state index in [9.17, 15) is 9.59 Å². The normalized spacial score (nSPS) is 13.4. The van der Waals surface area contributed by atoms with Crippen LogP contribution in [0.3, 0.4) is 0 Å². The Kier molecular flexibility index (Phi) is 4.94. The highest BCUT2D eigenvalue weighted by molar-refractivity contribution is 5.94. The van der Waals surface area contributed by atoms with Crippen molar-refractivity contribution < 1.29 is 14.3 Å². The number of nitrogens with zero attached hydrogens (tertiary/aromatic N) is 1. The number of benzene rings is 2. The Bertz CT molecular complexity index is 705. The quantitative estimate of drug-likeness (QED) is 0.733. The molecule has 4 heteroatoms. The summed E-state index contributed by atoms with van der Waals surface area (Å²) < 4.78 is 5.60. The van der Waals surface area contributed by atoms with Gasteiger partial charge >= 0.3 is 0 Å². The largest absolute Gasteiger partial charge is 0.484 e. The molecule has 0 bridgehead atoms. The van der Waals surface area contributed by atoms with Gasteiger partial charge in [0.25, 0.3) is 5.91 Å². The summed E-state index contributed by atoms with van der Waals surface area (Å²) in [5.41, 5.74) is 1.76. The number of rotatable bonds is 7. The Hall–Kier alpha value is -2.62. The molecule has 3 rings (SSSR count). The van der Waals surface area contributed by atoms with Gasteiger partial charge in [-0.1, -0.05) is 30.3 Å². The molecule has 0 N–H and O–H groups in total. The van der Waals surface area contributed by atoms with Crippen LogP contribution in [-0.2, 0) is 11.3 Å². The Balaban J connectivity index is 1.58. The molecule has 0 saturated heterocycles. The van der Waals surface area contributed by atoms with E-state index in [1.807, 2.05) is 35.2 Å². The lowest BCUT2D eigenvalue weighted by molar-refractivity contribution is -0.134. The fraction of sp³-hybridized carbons (Fsp3) is 0.300. The highest BCUT2D eigenvalue weighted by Crippen LogP contribution is 2.28. The van der Waals surface area contributed by atoms with Gasteiger partial charge in [-0.2, -0.15) is 0 Å². The van der Waals surface area contributed by atoms with Gasteiger partial charge < -0.3 is 9.64 Å². The summed E-state index contributed by atoms with van der Waals surface area (Å²) in [5, 5.41) is 0. The molecule has 0 aliphatic heterocycles. The molecule has 0 atom stereocenters. The minimum Gasteiger partial charge on any atom is -0.484 e. The second-order valence-electron chi connectivity index (χ2n) is 6.11. The SMILES string of the molecule is CC(=O)c1ccc(OCC(=O)N(Cc2ccccc2)C2CC2)cc1. The number of amides is 1. The lowest BCUT2D eigenvalue weighted by Gasteiger charge is -2.22. The predicted octanol–water partition coefficient (Wildman–Crippen LogP) is 3.46. The average molecular weight is 323 g/mol. The number of Topliss-reactive ketones (excluding diaryl/α,β-unsaturated/α-hetero) is 1. The van der Waals surface area contributed by atoms with Crippen LogP contribution in [0.5, 0.6) is 5.75 Å². The summed E-state index contributed by atoms with van der Waals surface area (Å²) in [4.78, 5) is 25.7. The molecule has 24 heavy (non-hydrogen) atoms. The summed E-state index contributed by atoms with van der Waals surface area (Å²) in [6.07, 6.45) is 2.12. The molecule has 2 aromatic rings. The monoisotopic (exact) mass is 323 g/mol. The number of hydrogen-bond donors (Lipinski definition) is 0. The minimum absolute atomic E-state index is 0.00278. The first-order valence-electron chi connectivity index (χ1n) is 8.20. The maximum absolute atomic E-state index is 12.5. The van der Waals surface area contributed by atoms with Crippen LogP contribution in [-0.4, -0.2) is 29.2 Å². The van der Waals surface area contributed by atoms with Gasteiger partial charge in [0.2, 0.25) is 0 Å². The van der Waals surface area contributed by atoms with Gasteiger partial charge in [0.05, 0.1) is 0 Å². The van der Waals surface area contributed by atoms with Crippen LogP contribution in [0.15, 0.2) is 54.6 Å². The number of ketones is 1. The van der Waals surface area contributed by atoms with Gasteiger partial charge in [-0.3, -0.25) is 9.59 Å². The topological polar surface area (TPSA) is 46.6 Å². The predicted molar refractivity (Wildman–Crippen MR) is 92.0 cm³/mol. The standard InChI is InChI=1S/C20H21NO3/c1-15(22)17-7-11-19(12-8-17)24-14-20(23)21(18-9-10-18)13-16-5-3-2-4-6-16/h2-8,11-12,18H,9-10,13-14H2,1H3. The van der Waals surface area contributed by atoms with Gasteiger partial charge in [0.15, 0.2) is 12.4 Å².